The van der Waals surface area contributed by atoms with Crippen LogP contribution >= 0.6 is 11.8 Å². The zero-order valence-electron chi connectivity index (χ0n) is 11.4. The SMILES string of the molecule is CCOC(=O)C(CSCC(C)C)(NC)C1CC1. The Balaban J connectivity index is 2.60. The fourth-order valence-electron chi connectivity index (χ4n) is 2.01. The van der Waals surface area contributed by atoms with Crippen molar-refractivity contribution < 1.29 is 9.53 Å². The van der Waals surface area contributed by atoms with Crippen LogP contribution in [0, 0.1) is 11.8 Å². The Morgan fingerprint density at radius 1 is 1.53 bits per heavy atom. The van der Waals surface area contributed by atoms with Crippen LogP contribution in [0.3, 0.4) is 0 Å². The lowest BCUT2D eigenvalue weighted by atomic mass is 9.96. The minimum Gasteiger partial charge on any atom is -0.465 e. The van der Waals surface area contributed by atoms with E-state index in [1.807, 2.05) is 25.7 Å². The molecule has 100 valence electrons. The van der Waals surface area contributed by atoms with E-state index in [4.69, 9.17) is 4.74 Å². The van der Waals surface area contributed by atoms with Crippen LogP contribution in [0.1, 0.15) is 33.6 Å². The molecule has 0 saturated heterocycles. The quantitative estimate of drug-likeness (QED) is 0.679. The molecule has 1 unspecified atom stereocenters. The first-order valence-corrected chi connectivity index (χ1v) is 7.66. The summed E-state index contributed by atoms with van der Waals surface area (Å²) in [6, 6.07) is 0. The molecule has 0 aromatic rings. The molecular formula is C13H25NO2S. The number of ether oxygens (including phenoxy) is 1. The van der Waals surface area contributed by atoms with Gasteiger partial charge in [0.25, 0.3) is 0 Å². The predicted octanol–water partition coefficient (Wildman–Crippen LogP) is 2.31. The molecule has 1 N–H and O–H groups in total. The third-order valence-corrected chi connectivity index (χ3v) is 4.70. The van der Waals surface area contributed by atoms with Crippen molar-refractivity contribution in [2.24, 2.45) is 11.8 Å². The molecule has 1 aliphatic carbocycles. The molecule has 17 heavy (non-hydrogen) atoms. The van der Waals surface area contributed by atoms with Gasteiger partial charge in [0, 0.05) is 5.75 Å². The van der Waals surface area contributed by atoms with Crippen LogP contribution < -0.4 is 5.32 Å². The molecule has 1 fully saturated rings. The number of hydrogen-bond acceptors (Lipinski definition) is 4. The second kappa shape index (κ2) is 6.64. The maximum absolute atomic E-state index is 12.2. The van der Waals surface area contributed by atoms with Crippen LogP contribution in [0.2, 0.25) is 0 Å². The summed E-state index contributed by atoms with van der Waals surface area (Å²) in [5.74, 6) is 2.98. The van der Waals surface area contributed by atoms with Gasteiger partial charge in [-0.2, -0.15) is 11.8 Å². The topological polar surface area (TPSA) is 38.3 Å². The number of carbonyl (C=O) groups is 1. The van der Waals surface area contributed by atoms with Crippen molar-refractivity contribution in [3.8, 4) is 0 Å². The number of likely N-dealkylation sites (N-methyl/N-ethyl adjacent to an activating group) is 1. The van der Waals surface area contributed by atoms with Crippen molar-refractivity contribution in [2.45, 2.75) is 39.2 Å². The van der Waals surface area contributed by atoms with E-state index in [0.717, 1.165) is 24.3 Å². The molecular weight excluding hydrogens is 234 g/mol. The van der Waals surface area contributed by atoms with Crippen molar-refractivity contribution in [3.63, 3.8) is 0 Å². The van der Waals surface area contributed by atoms with E-state index in [9.17, 15) is 4.79 Å². The highest BCUT2D eigenvalue weighted by Crippen LogP contribution is 2.42. The standard InChI is InChI=1S/C13H25NO2S/c1-5-16-12(15)13(14-4,11-6-7-11)9-17-8-10(2)3/h10-11,14H,5-9H2,1-4H3. The third-order valence-electron chi connectivity index (χ3n) is 3.14. The summed E-state index contributed by atoms with van der Waals surface area (Å²) in [6.07, 6.45) is 2.28. The molecule has 0 amide bonds. The molecule has 0 bridgehead atoms. The number of thioether (sulfide) groups is 1. The number of esters is 1. The molecule has 0 aliphatic heterocycles. The number of rotatable bonds is 8. The van der Waals surface area contributed by atoms with E-state index in [2.05, 4.69) is 19.2 Å². The summed E-state index contributed by atoms with van der Waals surface area (Å²) < 4.78 is 5.24. The van der Waals surface area contributed by atoms with Crippen LogP contribution in [-0.2, 0) is 9.53 Å². The van der Waals surface area contributed by atoms with Gasteiger partial charge in [-0.1, -0.05) is 13.8 Å². The van der Waals surface area contributed by atoms with E-state index >= 15 is 0 Å². The molecule has 0 aromatic heterocycles. The molecule has 3 nitrogen and oxygen atoms in total. The fourth-order valence-corrected chi connectivity index (χ4v) is 3.42. The zero-order chi connectivity index (χ0) is 12.9. The first-order chi connectivity index (χ1) is 8.06. The highest BCUT2D eigenvalue weighted by Gasteiger charge is 2.50. The second-order valence-electron chi connectivity index (χ2n) is 5.13. The van der Waals surface area contributed by atoms with Gasteiger partial charge in [-0.15, -0.1) is 0 Å². The van der Waals surface area contributed by atoms with Gasteiger partial charge in [0.2, 0.25) is 0 Å². The molecule has 1 aliphatic rings. The van der Waals surface area contributed by atoms with Gasteiger partial charge in [0.1, 0.15) is 5.54 Å². The van der Waals surface area contributed by atoms with Crippen LogP contribution in [0.25, 0.3) is 0 Å². The molecule has 0 radical (unpaired) electrons. The van der Waals surface area contributed by atoms with Crippen LogP contribution in [0.15, 0.2) is 0 Å². The van der Waals surface area contributed by atoms with Crippen LogP contribution in [0.5, 0.6) is 0 Å². The van der Waals surface area contributed by atoms with E-state index in [-0.39, 0.29) is 5.97 Å². The van der Waals surface area contributed by atoms with E-state index in [0.29, 0.717) is 18.4 Å². The van der Waals surface area contributed by atoms with E-state index in [1.54, 1.807) is 0 Å². The summed E-state index contributed by atoms with van der Waals surface area (Å²) in [4.78, 5) is 12.2. The van der Waals surface area contributed by atoms with E-state index in [1.165, 1.54) is 0 Å². The Labute approximate surface area is 109 Å². The van der Waals surface area contributed by atoms with Crippen molar-refractivity contribution in [1.82, 2.24) is 5.32 Å². The minimum absolute atomic E-state index is 0.0683. The third kappa shape index (κ3) is 3.88. The van der Waals surface area contributed by atoms with Crippen LogP contribution in [0.4, 0.5) is 0 Å². The first-order valence-electron chi connectivity index (χ1n) is 6.50. The molecule has 0 heterocycles. The van der Waals surface area contributed by atoms with Crippen LogP contribution in [-0.4, -0.2) is 36.7 Å². The Morgan fingerprint density at radius 2 is 2.18 bits per heavy atom. The van der Waals surface area contributed by atoms with Gasteiger partial charge < -0.3 is 10.1 Å². The van der Waals surface area contributed by atoms with Gasteiger partial charge in [-0.3, -0.25) is 4.79 Å². The lowest BCUT2D eigenvalue weighted by molar-refractivity contribution is -0.150. The van der Waals surface area contributed by atoms with Crippen molar-refractivity contribution in [3.05, 3.63) is 0 Å². The number of hydrogen-bond donors (Lipinski definition) is 1. The maximum atomic E-state index is 12.2. The summed E-state index contributed by atoms with van der Waals surface area (Å²) >= 11 is 1.85. The van der Waals surface area contributed by atoms with Gasteiger partial charge in [0.15, 0.2) is 0 Å². The Hall–Kier alpha value is -0.220. The summed E-state index contributed by atoms with van der Waals surface area (Å²) in [5, 5.41) is 3.24. The smallest absolute Gasteiger partial charge is 0.327 e. The Bertz CT molecular complexity index is 254. The van der Waals surface area contributed by atoms with Gasteiger partial charge >= 0.3 is 5.97 Å². The first kappa shape index (κ1) is 14.8. The maximum Gasteiger partial charge on any atom is 0.327 e. The lowest BCUT2D eigenvalue weighted by Crippen LogP contribution is -2.55. The highest BCUT2D eigenvalue weighted by atomic mass is 32.2. The summed E-state index contributed by atoms with van der Waals surface area (Å²) in [6.45, 7) is 6.74. The summed E-state index contributed by atoms with van der Waals surface area (Å²) in [5.41, 5.74) is -0.449. The summed E-state index contributed by atoms with van der Waals surface area (Å²) in [7, 11) is 1.88. The average Bonchev–Trinajstić information content (AvgIpc) is 3.08. The van der Waals surface area contributed by atoms with E-state index < -0.39 is 5.54 Å². The number of nitrogens with one attached hydrogen (secondary N) is 1. The van der Waals surface area contributed by atoms with Gasteiger partial charge in [0.05, 0.1) is 6.61 Å². The molecule has 1 saturated carbocycles. The van der Waals surface area contributed by atoms with Gasteiger partial charge in [-0.05, 0) is 44.4 Å². The largest absolute Gasteiger partial charge is 0.465 e. The molecule has 1 atom stereocenters. The van der Waals surface area contributed by atoms with Crippen molar-refractivity contribution >= 4 is 17.7 Å². The minimum atomic E-state index is -0.449. The van der Waals surface area contributed by atoms with Crippen molar-refractivity contribution in [1.29, 1.82) is 0 Å². The molecule has 0 aromatic carbocycles. The predicted molar refractivity (Wildman–Crippen MR) is 73.3 cm³/mol. The zero-order valence-corrected chi connectivity index (χ0v) is 12.2. The van der Waals surface area contributed by atoms with Gasteiger partial charge in [-0.25, -0.2) is 0 Å². The highest BCUT2D eigenvalue weighted by molar-refractivity contribution is 7.99. The number of carbonyl (C=O) groups excluding carboxylic acids is 1. The normalized spacial score (nSPS) is 19.1. The Kier molecular flexibility index (Phi) is 5.80. The Morgan fingerprint density at radius 3 is 2.59 bits per heavy atom. The average molecular weight is 259 g/mol. The second-order valence-corrected chi connectivity index (χ2v) is 6.16. The lowest BCUT2D eigenvalue weighted by Gasteiger charge is -2.31. The molecule has 4 heteroatoms. The molecule has 0 spiro atoms. The monoisotopic (exact) mass is 259 g/mol. The molecule has 1 rings (SSSR count). The fraction of sp³-hybridized carbons (Fsp3) is 0.923. The van der Waals surface area contributed by atoms with Crippen molar-refractivity contribution in [2.75, 3.05) is 25.2 Å².